The Morgan fingerprint density at radius 1 is 1.45 bits per heavy atom. The lowest BCUT2D eigenvalue weighted by Crippen LogP contribution is -2.36. The van der Waals surface area contributed by atoms with Gasteiger partial charge >= 0.3 is 6.03 Å². The molecule has 1 aromatic carbocycles. The maximum absolute atomic E-state index is 12.1. The maximum atomic E-state index is 12.1. The monoisotopic (exact) mass is 340 g/mol. The van der Waals surface area contributed by atoms with Crippen molar-refractivity contribution >= 4 is 35.1 Å². The zero-order chi connectivity index (χ0) is 16.1. The van der Waals surface area contributed by atoms with E-state index in [1.165, 1.54) is 0 Å². The topological polar surface area (TPSA) is 61.4 Å². The van der Waals surface area contributed by atoms with Crippen LogP contribution in [0.15, 0.2) is 35.2 Å². The Bertz CT molecular complexity index is 563. The molecule has 1 aliphatic carbocycles. The molecule has 1 aromatic rings. The van der Waals surface area contributed by atoms with Gasteiger partial charge in [0.15, 0.2) is 0 Å². The summed E-state index contributed by atoms with van der Waals surface area (Å²) in [6.45, 7) is 4.27. The second-order valence-corrected chi connectivity index (χ2v) is 7.55. The predicted octanol–water partition coefficient (Wildman–Crippen LogP) is 3.90. The van der Waals surface area contributed by atoms with Crippen LogP contribution in [0.5, 0.6) is 0 Å². The van der Waals surface area contributed by atoms with E-state index in [4.69, 9.17) is 16.7 Å². The van der Waals surface area contributed by atoms with E-state index >= 15 is 0 Å². The van der Waals surface area contributed by atoms with Gasteiger partial charge in [0.05, 0.1) is 10.7 Å². The van der Waals surface area contributed by atoms with Crippen molar-refractivity contribution in [3.8, 4) is 0 Å². The van der Waals surface area contributed by atoms with Crippen LogP contribution < -0.4 is 10.6 Å². The molecule has 0 fully saturated rings. The lowest BCUT2D eigenvalue weighted by molar-refractivity contribution is 0.238. The number of carbonyl (C=O) groups is 1. The lowest BCUT2D eigenvalue weighted by Gasteiger charge is -2.17. The number of hydrogen-bond acceptors (Lipinski definition) is 3. The van der Waals surface area contributed by atoms with E-state index in [9.17, 15) is 4.79 Å². The number of nitrogens with one attached hydrogen (secondary N) is 2. The summed E-state index contributed by atoms with van der Waals surface area (Å²) in [6, 6.07) is 5.18. The summed E-state index contributed by atoms with van der Waals surface area (Å²) in [4.78, 5) is 13.0. The molecule has 120 valence electrons. The minimum absolute atomic E-state index is 0.0439. The van der Waals surface area contributed by atoms with Crippen LogP contribution in [-0.4, -0.2) is 29.0 Å². The van der Waals surface area contributed by atoms with Crippen LogP contribution in [0.4, 0.5) is 10.5 Å². The van der Waals surface area contributed by atoms with Gasteiger partial charge in [-0.25, -0.2) is 4.79 Å². The molecule has 0 saturated heterocycles. The van der Waals surface area contributed by atoms with Crippen molar-refractivity contribution < 1.29 is 9.90 Å². The van der Waals surface area contributed by atoms with Gasteiger partial charge in [0.2, 0.25) is 0 Å². The molecule has 22 heavy (non-hydrogen) atoms. The Hall–Kier alpha value is -1.17. The van der Waals surface area contributed by atoms with Gasteiger partial charge in [0, 0.05) is 28.7 Å². The zero-order valence-corrected chi connectivity index (χ0v) is 14.2. The van der Waals surface area contributed by atoms with Crippen molar-refractivity contribution in [2.24, 2.45) is 5.92 Å². The highest BCUT2D eigenvalue weighted by atomic mass is 35.5. The van der Waals surface area contributed by atoms with Gasteiger partial charge in [-0.2, -0.15) is 0 Å². The number of urea groups is 1. The first-order valence-corrected chi connectivity index (χ1v) is 8.57. The fraction of sp³-hybridized carbons (Fsp3) is 0.438. The van der Waals surface area contributed by atoms with Gasteiger partial charge in [0.1, 0.15) is 0 Å². The molecule has 4 nitrogen and oxygen atoms in total. The maximum Gasteiger partial charge on any atom is 0.319 e. The Morgan fingerprint density at radius 2 is 2.23 bits per heavy atom. The molecule has 0 bridgehead atoms. The van der Waals surface area contributed by atoms with E-state index in [0.29, 0.717) is 16.0 Å². The highest BCUT2D eigenvalue weighted by molar-refractivity contribution is 8.00. The third-order valence-electron chi connectivity index (χ3n) is 3.29. The number of benzene rings is 1. The molecule has 2 rings (SSSR count). The van der Waals surface area contributed by atoms with Crippen LogP contribution in [0.25, 0.3) is 0 Å². The molecule has 3 N–H and O–H groups in total. The quantitative estimate of drug-likeness (QED) is 0.562. The number of rotatable bonds is 5. The highest BCUT2D eigenvalue weighted by Crippen LogP contribution is 2.36. The Labute approximate surface area is 140 Å². The number of hydrogen-bond donors (Lipinski definition) is 3. The van der Waals surface area contributed by atoms with Crippen LogP contribution in [0.3, 0.4) is 0 Å². The van der Waals surface area contributed by atoms with Crippen molar-refractivity contribution in [1.29, 1.82) is 0 Å². The molecular weight excluding hydrogens is 320 g/mol. The smallest absolute Gasteiger partial charge is 0.319 e. The van der Waals surface area contributed by atoms with E-state index < -0.39 is 0 Å². The molecule has 0 spiro atoms. The molecule has 0 radical (unpaired) electrons. The largest absolute Gasteiger partial charge is 0.396 e. The normalized spacial score (nSPS) is 20.4. The van der Waals surface area contributed by atoms with Crippen molar-refractivity contribution in [2.75, 3.05) is 11.9 Å². The van der Waals surface area contributed by atoms with Gasteiger partial charge in [-0.15, -0.1) is 11.8 Å². The predicted molar refractivity (Wildman–Crippen MR) is 92.7 cm³/mol. The summed E-state index contributed by atoms with van der Waals surface area (Å²) in [7, 11) is 0. The Kier molecular flexibility index (Phi) is 6.17. The van der Waals surface area contributed by atoms with E-state index in [0.717, 1.165) is 11.3 Å². The van der Waals surface area contributed by atoms with Gasteiger partial charge in [-0.05, 0) is 18.6 Å². The third kappa shape index (κ3) is 4.66. The molecular formula is C16H21ClN2O2S. The minimum Gasteiger partial charge on any atom is -0.396 e. The standard InChI is InChI=1S/C16H21ClN2O2S/c1-10(2)22-15-13(17)4-3-5-14(15)19-16(21)18-12-7-6-11(8-12)9-20/h3-7,10-12,20H,8-9H2,1-2H3,(H2,18,19,21)/t11-,12+/m0/s1. The Balaban J connectivity index is 2.00. The first kappa shape index (κ1) is 17.2. The number of anilines is 1. The Morgan fingerprint density at radius 3 is 2.86 bits per heavy atom. The van der Waals surface area contributed by atoms with E-state index in [2.05, 4.69) is 24.5 Å². The second-order valence-electron chi connectivity index (χ2n) is 5.55. The fourth-order valence-corrected chi connectivity index (χ4v) is 3.51. The number of thioether (sulfide) groups is 1. The number of amides is 2. The SMILES string of the molecule is CC(C)Sc1c(Cl)cccc1NC(=O)N[C@@H]1C=C[C@H](CO)C1. The van der Waals surface area contributed by atoms with Crippen LogP contribution >= 0.6 is 23.4 Å². The first-order valence-electron chi connectivity index (χ1n) is 7.31. The van der Waals surface area contributed by atoms with Crippen LogP contribution in [-0.2, 0) is 0 Å². The van der Waals surface area contributed by atoms with Crippen molar-refractivity contribution in [3.05, 3.63) is 35.4 Å². The highest BCUT2D eigenvalue weighted by Gasteiger charge is 2.20. The van der Waals surface area contributed by atoms with Crippen molar-refractivity contribution in [2.45, 2.75) is 36.5 Å². The van der Waals surface area contributed by atoms with Gasteiger partial charge in [-0.3, -0.25) is 0 Å². The number of carbonyl (C=O) groups excluding carboxylic acids is 1. The van der Waals surface area contributed by atoms with Crippen LogP contribution in [0, 0.1) is 5.92 Å². The summed E-state index contributed by atoms with van der Waals surface area (Å²) < 4.78 is 0. The molecule has 2 amide bonds. The van der Waals surface area contributed by atoms with Crippen LogP contribution in [0.2, 0.25) is 5.02 Å². The molecule has 6 heteroatoms. The fourth-order valence-electron chi connectivity index (χ4n) is 2.31. The van der Waals surface area contributed by atoms with Gasteiger partial charge in [-0.1, -0.05) is 43.7 Å². The average Bonchev–Trinajstić information content (AvgIpc) is 2.90. The number of aliphatic hydroxyl groups excluding tert-OH is 1. The van der Waals surface area contributed by atoms with Gasteiger partial charge < -0.3 is 15.7 Å². The molecule has 0 saturated carbocycles. The third-order valence-corrected chi connectivity index (χ3v) is 4.87. The minimum atomic E-state index is -0.263. The summed E-state index contributed by atoms with van der Waals surface area (Å²) >= 11 is 7.85. The molecule has 0 unspecified atom stereocenters. The molecule has 1 aliphatic rings. The second kappa shape index (κ2) is 7.90. The summed E-state index contributed by atoms with van der Waals surface area (Å²) in [5.41, 5.74) is 0.712. The lowest BCUT2D eigenvalue weighted by atomic mass is 10.1. The average molecular weight is 341 g/mol. The summed E-state index contributed by atoms with van der Waals surface area (Å²) in [5.74, 6) is 0.128. The molecule has 0 aromatic heterocycles. The summed E-state index contributed by atoms with van der Waals surface area (Å²) in [5, 5.41) is 15.9. The van der Waals surface area contributed by atoms with E-state index in [-0.39, 0.29) is 24.6 Å². The number of aliphatic hydroxyl groups is 1. The van der Waals surface area contributed by atoms with Crippen molar-refractivity contribution in [3.63, 3.8) is 0 Å². The van der Waals surface area contributed by atoms with E-state index in [1.54, 1.807) is 11.8 Å². The zero-order valence-electron chi connectivity index (χ0n) is 12.7. The summed E-state index contributed by atoms with van der Waals surface area (Å²) in [6.07, 6.45) is 4.58. The van der Waals surface area contributed by atoms with Crippen molar-refractivity contribution in [1.82, 2.24) is 5.32 Å². The van der Waals surface area contributed by atoms with Crippen LogP contribution in [0.1, 0.15) is 20.3 Å². The number of halogens is 1. The molecule has 2 atom stereocenters. The molecule has 0 heterocycles. The first-order chi connectivity index (χ1) is 10.5. The van der Waals surface area contributed by atoms with Gasteiger partial charge in [0.25, 0.3) is 0 Å². The van der Waals surface area contributed by atoms with E-state index in [1.807, 2.05) is 30.4 Å². The molecule has 0 aliphatic heterocycles.